The standard InChI is InChI=1S/C19H31N3O2/c1-3-11-19(2,20)18(23)21-16-7-9-17(10-8-16)24-15-14-22-12-5-4-6-13-22/h7-10H,3-6,11-15,20H2,1-2H3,(H,21,23). The summed E-state index contributed by atoms with van der Waals surface area (Å²) in [5.41, 5.74) is 5.96. The molecule has 1 unspecified atom stereocenters. The number of nitrogens with two attached hydrogens (primary N) is 1. The number of carbonyl (C=O) groups is 1. The van der Waals surface area contributed by atoms with Gasteiger partial charge in [-0.05, 0) is 63.5 Å². The van der Waals surface area contributed by atoms with E-state index in [2.05, 4.69) is 10.2 Å². The Hall–Kier alpha value is -1.59. The summed E-state index contributed by atoms with van der Waals surface area (Å²) in [6, 6.07) is 7.49. The number of hydrogen-bond donors (Lipinski definition) is 2. The van der Waals surface area contributed by atoms with Crippen LogP contribution in [0.4, 0.5) is 5.69 Å². The molecule has 0 aromatic heterocycles. The first-order valence-corrected chi connectivity index (χ1v) is 9.07. The van der Waals surface area contributed by atoms with Crippen LogP contribution in [0.25, 0.3) is 0 Å². The molecule has 1 aromatic carbocycles. The summed E-state index contributed by atoms with van der Waals surface area (Å²) in [7, 11) is 0. The van der Waals surface area contributed by atoms with Crippen LogP contribution >= 0.6 is 0 Å². The fourth-order valence-corrected chi connectivity index (χ4v) is 3.02. The average molecular weight is 333 g/mol. The number of amides is 1. The van der Waals surface area contributed by atoms with Gasteiger partial charge in [0.2, 0.25) is 5.91 Å². The maximum Gasteiger partial charge on any atom is 0.244 e. The maximum absolute atomic E-state index is 12.2. The van der Waals surface area contributed by atoms with Crippen molar-refractivity contribution in [1.82, 2.24) is 4.90 Å². The number of nitrogens with one attached hydrogen (secondary N) is 1. The molecule has 0 spiro atoms. The van der Waals surface area contributed by atoms with Crippen molar-refractivity contribution in [3.63, 3.8) is 0 Å². The Morgan fingerprint density at radius 1 is 1.25 bits per heavy atom. The number of nitrogens with zero attached hydrogens (tertiary/aromatic N) is 1. The predicted molar refractivity (Wildman–Crippen MR) is 98.4 cm³/mol. The van der Waals surface area contributed by atoms with Crippen LogP contribution in [0.3, 0.4) is 0 Å². The van der Waals surface area contributed by atoms with Crippen LogP contribution in [-0.4, -0.2) is 42.6 Å². The minimum absolute atomic E-state index is 0.150. The van der Waals surface area contributed by atoms with Crippen molar-refractivity contribution in [3.8, 4) is 5.75 Å². The minimum atomic E-state index is -0.835. The number of benzene rings is 1. The molecule has 1 heterocycles. The zero-order chi connectivity index (χ0) is 17.4. The van der Waals surface area contributed by atoms with Crippen LogP contribution in [0.1, 0.15) is 46.0 Å². The van der Waals surface area contributed by atoms with E-state index in [4.69, 9.17) is 10.5 Å². The van der Waals surface area contributed by atoms with Crippen LogP contribution in [-0.2, 0) is 4.79 Å². The SMILES string of the molecule is CCCC(C)(N)C(=O)Nc1ccc(OCCN2CCCCC2)cc1. The van der Waals surface area contributed by atoms with Crippen LogP contribution in [0, 0.1) is 0 Å². The number of ether oxygens (including phenoxy) is 1. The first-order chi connectivity index (χ1) is 11.5. The number of hydrogen-bond acceptors (Lipinski definition) is 4. The molecule has 1 fully saturated rings. The van der Waals surface area contributed by atoms with Gasteiger partial charge in [0, 0.05) is 12.2 Å². The van der Waals surface area contributed by atoms with E-state index in [0.29, 0.717) is 13.0 Å². The van der Waals surface area contributed by atoms with Crippen molar-refractivity contribution in [2.24, 2.45) is 5.73 Å². The monoisotopic (exact) mass is 333 g/mol. The molecule has 0 bridgehead atoms. The van der Waals surface area contributed by atoms with Gasteiger partial charge in [0.15, 0.2) is 0 Å². The Bertz CT molecular complexity index is 508. The van der Waals surface area contributed by atoms with Gasteiger partial charge in [-0.25, -0.2) is 0 Å². The van der Waals surface area contributed by atoms with Gasteiger partial charge < -0.3 is 15.8 Å². The Morgan fingerprint density at radius 3 is 2.54 bits per heavy atom. The van der Waals surface area contributed by atoms with Crippen molar-refractivity contribution in [3.05, 3.63) is 24.3 Å². The average Bonchev–Trinajstić information content (AvgIpc) is 2.57. The first kappa shape index (κ1) is 18.7. The van der Waals surface area contributed by atoms with E-state index >= 15 is 0 Å². The molecule has 24 heavy (non-hydrogen) atoms. The summed E-state index contributed by atoms with van der Waals surface area (Å²) in [5.74, 6) is 0.678. The summed E-state index contributed by atoms with van der Waals surface area (Å²) in [6.07, 6.45) is 5.49. The van der Waals surface area contributed by atoms with Gasteiger partial charge in [0.05, 0.1) is 5.54 Å². The fraction of sp³-hybridized carbons (Fsp3) is 0.632. The third-order valence-electron chi connectivity index (χ3n) is 4.53. The van der Waals surface area contributed by atoms with E-state index in [1.165, 1.54) is 32.4 Å². The summed E-state index contributed by atoms with van der Waals surface area (Å²) >= 11 is 0. The van der Waals surface area contributed by atoms with Gasteiger partial charge in [0.1, 0.15) is 12.4 Å². The van der Waals surface area contributed by atoms with E-state index in [1.54, 1.807) is 6.92 Å². The quantitative estimate of drug-likeness (QED) is 0.767. The van der Waals surface area contributed by atoms with E-state index in [1.807, 2.05) is 31.2 Å². The van der Waals surface area contributed by atoms with Crippen LogP contribution in [0.15, 0.2) is 24.3 Å². The van der Waals surface area contributed by atoms with Gasteiger partial charge in [-0.3, -0.25) is 9.69 Å². The Labute approximate surface area is 145 Å². The molecular weight excluding hydrogens is 302 g/mol. The lowest BCUT2D eigenvalue weighted by Gasteiger charge is -2.26. The molecule has 0 aliphatic carbocycles. The Kier molecular flexibility index (Phi) is 7.06. The molecule has 5 heteroatoms. The molecule has 134 valence electrons. The first-order valence-electron chi connectivity index (χ1n) is 9.07. The predicted octanol–water partition coefficient (Wildman–Crippen LogP) is 3.01. The zero-order valence-electron chi connectivity index (χ0n) is 15.0. The van der Waals surface area contributed by atoms with Crippen molar-refractivity contribution in [2.75, 3.05) is 31.6 Å². The highest BCUT2D eigenvalue weighted by Gasteiger charge is 2.27. The lowest BCUT2D eigenvalue weighted by molar-refractivity contribution is -0.120. The molecule has 2 rings (SSSR count). The number of anilines is 1. The highest BCUT2D eigenvalue weighted by molar-refractivity contribution is 5.97. The minimum Gasteiger partial charge on any atom is -0.492 e. The summed E-state index contributed by atoms with van der Waals surface area (Å²) in [4.78, 5) is 14.6. The third-order valence-corrected chi connectivity index (χ3v) is 4.53. The highest BCUT2D eigenvalue weighted by Crippen LogP contribution is 2.18. The molecule has 5 nitrogen and oxygen atoms in total. The summed E-state index contributed by atoms with van der Waals surface area (Å²) < 4.78 is 5.80. The van der Waals surface area contributed by atoms with Crippen LogP contribution in [0.5, 0.6) is 5.75 Å². The molecule has 1 saturated heterocycles. The molecule has 3 N–H and O–H groups in total. The second-order valence-corrected chi connectivity index (χ2v) is 6.90. The van der Waals surface area contributed by atoms with E-state index in [9.17, 15) is 4.79 Å². The van der Waals surface area contributed by atoms with E-state index < -0.39 is 5.54 Å². The molecule has 1 aliphatic rings. The normalized spacial score (nSPS) is 18.0. The number of piperidine rings is 1. The largest absolute Gasteiger partial charge is 0.492 e. The van der Waals surface area contributed by atoms with Crippen molar-refractivity contribution in [2.45, 2.75) is 51.5 Å². The molecule has 0 radical (unpaired) electrons. The topological polar surface area (TPSA) is 67.6 Å². The molecule has 1 aromatic rings. The Balaban J connectivity index is 1.76. The van der Waals surface area contributed by atoms with Gasteiger partial charge >= 0.3 is 0 Å². The van der Waals surface area contributed by atoms with Gasteiger partial charge in [-0.1, -0.05) is 19.8 Å². The molecule has 1 amide bonds. The van der Waals surface area contributed by atoms with E-state index in [-0.39, 0.29) is 5.91 Å². The Morgan fingerprint density at radius 2 is 1.92 bits per heavy atom. The lowest BCUT2D eigenvalue weighted by Crippen LogP contribution is -2.48. The molecular formula is C19H31N3O2. The number of likely N-dealkylation sites (tertiary alicyclic amines) is 1. The smallest absolute Gasteiger partial charge is 0.244 e. The lowest BCUT2D eigenvalue weighted by atomic mass is 9.96. The number of carbonyl (C=O) groups excluding carboxylic acids is 1. The second kappa shape index (κ2) is 9.04. The second-order valence-electron chi connectivity index (χ2n) is 6.90. The zero-order valence-corrected chi connectivity index (χ0v) is 15.0. The van der Waals surface area contributed by atoms with Crippen molar-refractivity contribution >= 4 is 11.6 Å². The van der Waals surface area contributed by atoms with Crippen molar-refractivity contribution in [1.29, 1.82) is 0 Å². The van der Waals surface area contributed by atoms with Gasteiger partial charge in [-0.2, -0.15) is 0 Å². The summed E-state index contributed by atoms with van der Waals surface area (Å²) in [5, 5.41) is 2.87. The third kappa shape index (κ3) is 5.80. The number of rotatable bonds is 8. The van der Waals surface area contributed by atoms with Crippen molar-refractivity contribution < 1.29 is 9.53 Å². The molecule has 1 atom stereocenters. The van der Waals surface area contributed by atoms with Crippen LogP contribution < -0.4 is 15.8 Å². The molecule has 0 saturated carbocycles. The fourth-order valence-electron chi connectivity index (χ4n) is 3.02. The highest BCUT2D eigenvalue weighted by atomic mass is 16.5. The van der Waals surface area contributed by atoms with Gasteiger partial charge in [-0.15, -0.1) is 0 Å². The van der Waals surface area contributed by atoms with E-state index in [0.717, 1.165) is 24.4 Å². The maximum atomic E-state index is 12.2. The molecule has 1 aliphatic heterocycles. The van der Waals surface area contributed by atoms with Gasteiger partial charge in [0.25, 0.3) is 0 Å². The van der Waals surface area contributed by atoms with Crippen LogP contribution in [0.2, 0.25) is 0 Å². The summed E-state index contributed by atoms with van der Waals surface area (Å²) in [6.45, 7) is 7.83.